The minimum Gasteiger partial charge on any atom is -0.325 e. The smallest absolute Gasteiger partial charge is 0.234 e. The maximum atomic E-state index is 12.5. The van der Waals surface area contributed by atoms with Crippen molar-refractivity contribution in [3.05, 3.63) is 63.1 Å². The number of amides is 1. The molecule has 4 nitrogen and oxygen atoms in total. The lowest BCUT2D eigenvalue weighted by molar-refractivity contribution is -0.113. The molecule has 1 heterocycles. The highest BCUT2D eigenvalue weighted by atomic mass is 35.5. The standard InChI is InChI=1S/C22H20Cl3N3OS/c23-15-5-7-16(8-6-15)26-19(29)13-30-21-20(14-4-9-17(24)18(25)12-14)27-22(28-21)10-2-1-3-11-22/h4-9,12H,1-3,10-11,13H2,(H,26,29). The molecule has 0 saturated heterocycles. The maximum absolute atomic E-state index is 12.5. The van der Waals surface area contributed by atoms with Crippen molar-refractivity contribution in [2.75, 3.05) is 11.1 Å². The molecule has 4 rings (SSSR count). The molecule has 0 atom stereocenters. The number of aliphatic imine (C=N–C) groups is 2. The van der Waals surface area contributed by atoms with E-state index in [1.165, 1.54) is 18.2 Å². The first-order valence-corrected chi connectivity index (χ1v) is 11.9. The molecule has 1 amide bonds. The first-order valence-electron chi connectivity index (χ1n) is 9.78. The molecule has 1 saturated carbocycles. The molecule has 0 bridgehead atoms. The van der Waals surface area contributed by atoms with Gasteiger partial charge in [0.15, 0.2) is 5.66 Å². The molecule has 0 radical (unpaired) electrons. The summed E-state index contributed by atoms with van der Waals surface area (Å²) in [6.07, 6.45) is 5.28. The monoisotopic (exact) mass is 479 g/mol. The Kier molecular flexibility index (Phi) is 6.73. The third kappa shape index (κ3) is 5.02. The van der Waals surface area contributed by atoms with Crippen LogP contribution in [0.4, 0.5) is 5.69 Å². The molecule has 0 unspecified atom stereocenters. The molecule has 1 spiro atoms. The van der Waals surface area contributed by atoms with Gasteiger partial charge in [0.1, 0.15) is 5.04 Å². The quantitative estimate of drug-likeness (QED) is 0.518. The number of anilines is 1. The second-order valence-electron chi connectivity index (χ2n) is 7.39. The largest absolute Gasteiger partial charge is 0.325 e. The Labute approximate surface area is 195 Å². The third-order valence-electron chi connectivity index (χ3n) is 5.15. The van der Waals surface area contributed by atoms with E-state index < -0.39 is 5.66 Å². The van der Waals surface area contributed by atoms with Crippen molar-refractivity contribution >= 4 is 68.9 Å². The van der Waals surface area contributed by atoms with Gasteiger partial charge in [-0.15, -0.1) is 0 Å². The maximum Gasteiger partial charge on any atom is 0.234 e. The van der Waals surface area contributed by atoms with Crippen LogP contribution in [-0.2, 0) is 4.79 Å². The van der Waals surface area contributed by atoms with Crippen LogP contribution < -0.4 is 5.32 Å². The van der Waals surface area contributed by atoms with Crippen LogP contribution in [0.25, 0.3) is 0 Å². The van der Waals surface area contributed by atoms with Gasteiger partial charge < -0.3 is 5.32 Å². The molecule has 0 aromatic heterocycles. The highest BCUT2D eigenvalue weighted by Gasteiger charge is 2.38. The van der Waals surface area contributed by atoms with Crippen molar-refractivity contribution < 1.29 is 4.79 Å². The summed E-state index contributed by atoms with van der Waals surface area (Å²) in [5.74, 6) is 0.126. The van der Waals surface area contributed by atoms with Gasteiger partial charge in [-0.1, -0.05) is 59.1 Å². The average Bonchev–Trinajstić information content (AvgIpc) is 3.08. The Balaban J connectivity index is 1.52. The zero-order chi connectivity index (χ0) is 21.1. The molecule has 30 heavy (non-hydrogen) atoms. The lowest BCUT2D eigenvalue weighted by Gasteiger charge is -2.27. The van der Waals surface area contributed by atoms with Gasteiger partial charge in [-0.05, 0) is 62.1 Å². The molecule has 2 aromatic carbocycles. The zero-order valence-corrected chi connectivity index (χ0v) is 19.2. The predicted molar refractivity (Wildman–Crippen MR) is 129 cm³/mol. The summed E-state index contributed by atoms with van der Waals surface area (Å²) in [5.41, 5.74) is 1.96. The van der Waals surface area contributed by atoms with Crippen LogP contribution in [0.5, 0.6) is 0 Å². The van der Waals surface area contributed by atoms with E-state index in [9.17, 15) is 4.79 Å². The lowest BCUT2D eigenvalue weighted by atomic mass is 9.90. The number of carbonyl (C=O) groups is 1. The van der Waals surface area contributed by atoms with Crippen molar-refractivity contribution in [2.45, 2.75) is 37.8 Å². The van der Waals surface area contributed by atoms with Crippen LogP contribution in [0.2, 0.25) is 15.1 Å². The van der Waals surface area contributed by atoms with Crippen LogP contribution >= 0.6 is 46.6 Å². The van der Waals surface area contributed by atoms with E-state index in [4.69, 9.17) is 44.8 Å². The van der Waals surface area contributed by atoms with E-state index in [1.54, 1.807) is 30.3 Å². The Morgan fingerprint density at radius 3 is 2.40 bits per heavy atom. The van der Waals surface area contributed by atoms with Crippen molar-refractivity contribution in [1.29, 1.82) is 0 Å². The molecule has 156 valence electrons. The first kappa shape index (κ1) is 21.7. The predicted octanol–water partition coefficient (Wildman–Crippen LogP) is 6.88. The number of carbonyl (C=O) groups excluding carboxylic acids is 1. The summed E-state index contributed by atoms with van der Waals surface area (Å²) < 4.78 is 0. The van der Waals surface area contributed by atoms with Gasteiger partial charge in [0, 0.05) is 16.3 Å². The first-order chi connectivity index (χ1) is 14.4. The topological polar surface area (TPSA) is 53.8 Å². The molecular formula is C22H20Cl3N3OS. The molecule has 1 fully saturated rings. The molecule has 1 N–H and O–H groups in total. The van der Waals surface area contributed by atoms with E-state index >= 15 is 0 Å². The van der Waals surface area contributed by atoms with Crippen LogP contribution in [0, 0.1) is 0 Å². The number of nitrogens with zero attached hydrogens (tertiary/aromatic N) is 2. The zero-order valence-electron chi connectivity index (χ0n) is 16.1. The summed E-state index contributed by atoms with van der Waals surface area (Å²) in [6.45, 7) is 0. The SMILES string of the molecule is O=C(CSC1=NC2(CCCCC2)N=C1c1ccc(Cl)c(Cl)c1)Nc1ccc(Cl)cc1. The summed E-state index contributed by atoms with van der Waals surface area (Å²) in [7, 11) is 0. The van der Waals surface area contributed by atoms with E-state index in [0.717, 1.165) is 42.0 Å². The number of benzene rings is 2. The molecule has 8 heteroatoms. The van der Waals surface area contributed by atoms with Gasteiger partial charge in [-0.2, -0.15) is 0 Å². The minimum absolute atomic E-state index is 0.108. The molecule has 2 aromatic rings. The highest BCUT2D eigenvalue weighted by molar-refractivity contribution is 8.16. The van der Waals surface area contributed by atoms with Gasteiger partial charge in [0.2, 0.25) is 5.91 Å². The summed E-state index contributed by atoms with van der Waals surface area (Å²) in [4.78, 5) is 22.5. The Morgan fingerprint density at radius 2 is 1.70 bits per heavy atom. The third-order valence-corrected chi connectivity index (χ3v) is 7.10. The Hall–Kier alpha value is -1.53. The number of hydrogen-bond acceptors (Lipinski definition) is 4. The number of thioether (sulfide) groups is 1. The van der Waals surface area contributed by atoms with Crippen LogP contribution in [0.1, 0.15) is 37.7 Å². The van der Waals surface area contributed by atoms with E-state index in [-0.39, 0.29) is 11.7 Å². The van der Waals surface area contributed by atoms with Crippen molar-refractivity contribution in [2.24, 2.45) is 9.98 Å². The molecule has 2 aliphatic rings. The fourth-order valence-electron chi connectivity index (χ4n) is 3.66. The normalized spacial score (nSPS) is 17.6. The lowest BCUT2D eigenvalue weighted by Crippen LogP contribution is -2.25. The van der Waals surface area contributed by atoms with Crippen LogP contribution in [0.3, 0.4) is 0 Å². The molecule has 1 aliphatic carbocycles. The van der Waals surface area contributed by atoms with Gasteiger partial charge in [0.25, 0.3) is 0 Å². The van der Waals surface area contributed by atoms with E-state index in [1.807, 2.05) is 12.1 Å². The van der Waals surface area contributed by atoms with Gasteiger partial charge in [-0.3, -0.25) is 9.79 Å². The van der Waals surface area contributed by atoms with Crippen LogP contribution in [0.15, 0.2) is 52.4 Å². The fourth-order valence-corrected chi connectivity index (χ4v) is 4.96. The highest BCUT2D eigenvalue weighted by Crippen LogP contribution is 2.39. The van der Waals surface area contributed by atoms with Crippen molar-refractivity contribution in [3.63, 3.8) is 0 Å². The summed E-state index contributed by atoms with van der Waals surface area (Å²) in [5, 5.41) is 5.27. The fraction of sp³-hybridized carbons (Fsp3) is 0.318. The number of rotatable bonds is 4. The average molecular weight is 481 g/mol. The van der Waals surface area contributed by atoms with Crippen molar-refractivity contribution in [1.82, 2.24) is 0 Å². The Bertz CT molecular complexity index is 1010. The number of nitrogens with one attached hydrogen (secondary N) is 1. The second-order valence-corrected chi connectivity index (χ2v) is 9.61. The van der Waals surface area contributed by atoms with E-state index in [0.29, 0.717) is 20.8 Å². The number of halogens is 3. The summed E-state index contributed by atoms with van der Waals surface area (Å²) >= 11 is 19.6. The van der Waals surface area contributed by atoms with E-state index in [2.05, 4.69) is 5.32 Å². The van der Waals surface area contributed by atoms with Gasteiger partial charge in [0.05, 0.1) is 21.5 Å². The minimum atomic E-state index is -0.408. The second kappa shape index (κ2) is 9.31. The van der Waals surface area contributed by atoms with Gasteiger partial charge in [-0.25, -0.2) is 4.99 Å². The van der Waals surface area contributed by atoms with Crippen LogP contribution in [-0.4, -0.2) is 28.1 Å². The molecule has 1 aliphatic heterocycles. The summed E-state index contributed by atoms with van der Waals surface area (Å²) in [6, 6.07) is 12.5. The van der Waals surface area contributed by atoms with Crippen molar-refractivity contribution in [3.8, 4) is 0 Å². The molecular weight excluding hydrogens is 461 g/mol. The Morgan fingerprint density at radius 1 is 0.967 bits per heavy atom. The van der Waals surface area contributed by atoms with Gasteiger partial charge >= 0.3 is 0 Å². The number of hydrogen-bond donors (Lipinski definition) is 1.